The number of β-lactam (4-membered cyclic amide) rings is 1. The van der Waals surface area contributed by atoms with Crippen LogP contribution in [0.5, 0.6) is 0 Å². The van der Waals surface area contributed by atoms with E-state index < -0.39 is 0 Å². The summed E-state index contributed by atoms with van der Waals surface area (Å²) in [5, 5.41) is 0. The minimum absolute atomic E-state index is 0.148. The number of carbonyl (C=O) groups excluding carboxylic acids is 1. The Morgan fingerprint density at radius 3 is 2.60 bits per heavy atom. The first kappa shape index (κ1) is 6.16. The van der Waals surface area contributed by atoms with Gasteiger partial charge in [0.2, 0.25) is 5.91 Å². The molecule has 2 aliphatic rings. The van der Waals surface area contributed by atoms with E-state index in [-0.39, 0.29) is 11.9 Å². The van der Waals surface area contributed by atoms with Gasteiger partial charge >= 0.3 is 0 Å². The first-order valence-electron chi connectivity index (χ1n) is 3.76. The number of carbonyl (C=O) groups is 1. The minimum Gasteiger partial charge on any atom is -0.336 e. The van der Waals surface area contributed by atoms with Gasteiger partial charge in [0.15, 0.2) is 0 Å². The van der Waals surface area contributed by atoms with Gasteiger partial charge in [-0.25, -0.2) is 0 Å². The van der Waals surface area contributed by atoms with Gasteiger partial charge in [-0.1, -0.05) is 6.92 Å². The molecule has 1 aliphatic carbocycles. The Morgan fingerprint density at radius 2 is 2.30 bits per heavy atom. The molecule has 1 amide bonds. The SMILES string of the molecule is CC1CC1N1CC(N)C1=O. The zero-order valence-corrected chi connectivity index (χ0v) is 6.08. The van der Waals surface area contributed by atoms with Crippen molar-refractivity contribution in [2.45, 2.75) is 25.4 Å². The van der Waals surface area contributed by atoms with Crippen molar-refractivity contribution in [3.8, 4) is 0 Å². The van der Waals surface area contributed by atoms with Crippen LogP contribution in [0.4, 0.5) is 0 Å². The molecule has 2 fully saturated rings. The van der Waals surface area contributed by atoms with Crippen LogP contribution in [-0.4, -0.2) is 29.4 Å². The Bertz CT molecular complexity index is 180. The maximum atomic E-state index is 11.0. The van der Waals surface area contributed by atoms with Gasteiger partial charge < -0.3 is 10.6 Å². The lowest BCUT2D eigenvalue weighted by Gasteiger charge is -2.36. The summed E-state index contributed by atoms with van der Waals surface area (Å²) in [6, 6.07) is 0.347. The van der Waals surface area contributed by atoms with Crippen molar-refractivity contribution in [3.63, 3.8) is 0 Å². The number of rotatable bonds is 1. The van der Waals surface area contributed by atoms with Crippen molar-refractivity contribution in [1.82, 2.24) is 4.90 Å². The molecular formula is C7H12N2O. The van der Waals surface area contributed by atoms with E-state index in [0.29, 0.717) is 6.04 Å². The monoisotopic (exact) mass is 140 g/mol. The Labute approximate surface area is 60.2 Å². The Morgan fingerprint density at radius 1 is 1.70 bits per heavy atom. The van der Waals surface area contributed by atoms with Gasteiger partial charge in [-0.15, -0.1) is 0 Å². The molecule has 10 heavy (non-hydrogen) atoms. The molecule has 0 aromatic heterocycles. The standard InChI is InChI=1S/C7H12N2O/c1-4-2-6(4)9-3-5(8)7(9)10/h4-6H,2-3,8H2,1H3. The molecule has 1 aliphatic heterocycles. The summed E-state index contributed by atoms with van der Waals surface area (Å²) < 4.78 is 0. The lowest BCUT2D eigenvalue weighted by atomic mass is 10.1. The van der Waals surface area contributed by atoms with Crippen LogP contribution in [-0.2, 0) is 4.79 Å². The summed E-state index contributed by atoms with van der Waals surface area (Å²) in [4.78, 5) is 12.9. The third-order valence-electron chi connectivity index (χ3n) is 2.46. The van der Waals surface area contributed by atoms with Gasteiger partial charge in [0, 0.05) is 12.6 Å². The Kier molecular flexibility index (Phi) is 1.06. The highest BCUT2D eigenvalue weighted by molar-refractivity contribution is 5.88. The second-order valence-electron chi connectivity index (χ2n) is 3.38. The molecule has 2 N–H and O–H groups in total. The molecule has 1 heterocycles. The van der Waals surface area contributed by atoms with E-state index in [4.69, 9.17) is 5.73 Å². The highest BCUT2D eigenvalue weighted by Gasteiger charge is 2.47. The lowest BCUT2D eigenvalue weighted by Crippen LogP contribution is -2.61. The summed E-state index contributed by atoms with van der Waals surface area (Å²) >= 11 is 0. The van der Waals surface area contributed by atoms with Crippen LogP contribution >= 0.6 is 0 Å². The van der Waals surface area contributed by atoms with Gasteiger partial charge in [0.25, 0.3) is 0 Å². The van der Waals surface area contributed by atoms with Crippen molar-refractivity contribution in [2.24, 2.45) is 11.7 Å². The molecule has 0 radical (unpaired) electrons. The average molecular weight is 140 g/mol. The normalized spacial score (nSPS) is 45.2. The lowest BCUT2D eigenvalue weighted by molar-refractivity contribution is -0.143. The smallest absolute Gasteiger partial charge is 0.241 e. The van der Waals surface area contributed by atoms with Crippen LogP contribution in [0.3, 0.4) is 0 Å². The van der Waals surface area contributed by atoms with Crippen LogP contribution in [0.25, 0.3) is 0 Å². The van der Waals surface area contributed by atoms with Crippen LogP contribution in [0.1, 0.15) is 13.3 Å². The van der Waals surface area contributed by atoms with Crippen LogP contribution < -0.4 is 5.73 Å². The van der Waals surface area contributed by atoms with Crippen LogP contribution in [0.2, 0.25) is 0 Å². The van der Waals surface area contributed by atoms with E-state index in [1.807, 2.05) is 4.90 Å². The number of likely N-dealkylation sites (tertiary alicyclic amines) is 1. The molecule has 56 valence electrons. The molecule has 3 atom stereocenters. The van der Waals surface area contributed by atoms with E-state index in [1.165, 1.54) is 6.42 Å². The Hall–Kier alpha value is -0.570. The third-order valence-corrected chi connectivity index (χ3v) is 2.46. The summed E-state index contributed by atoms with van der Waals surface area (Å²) in [5.74, 6) is 0.866. The maximum absolute atomic E-state index is 11.0. The zero-order chi connectivity index (χ0) is 7.30. The fourth-order valence-electron chi connectivity index (χ4n) is 1.52. The highest BCUT2D eigenvalue weighted by atomic mass is 16.2. The number of nitrogens with two attached hydrogens (primary N) is 1. The topological polar surface area (TPSA) is 46.3 Å². The molecule has 3 unspecified atom stereocenters. The van der Waals surface area contributed by atoms with Crippen molar-refractivity contribution in [1.29, 1.82) is 0 Å². The molecule has 0 spiro atoms. The summed E-state index contributed by atoms with van der Waals surface area (Å²) in [6.07, 6.45) is 1.18. The third kappa shape index (κ3) is 0.669. The average Bonchev–Trinajstić information content (AvgIpc) is 2.60. The van der Waals surface area contributed by atoms with Crippen LogP contribution in [0, 0.1) is 5.92 Å². The second-order valence-corrected chi connectivity index (χ2v) is 3.38. The molecule has 0 aromatic carbocycles. The van der Waals surface area contributed by atoms with Gasteiger partial charge in [-0.05, 0) is 12.3 Å². The fourth-order valence-corrected chi connectivity index (χ4v) is 1.52. The van der Waals surface area contributed by atoms with Gasteiger partial charge in [-0.3, -0.25) is 4.79 Å². The van der Waals surface area contributed by atoms with Crippen molar-refractivity contribution >= 4 is 5.91 Å². The number of hydrogen-bond donors (Lipinski definition) is 1. The van der Waals surface area contributed by atoms with E-state index in [2.05, 4.69) is 6.92 Å². The molecule has 3 nitrogen and oxygen atoms in total. The molecule has 0 bridgehead atoms. The molecule has 3 heteroatoms. The van der Waals surface area contributed by atoms with Gasteiger partial charge in [0.1, 0.15) is 6.04 Å². The molecule has 2 rings (SSSR count). The summed E-state index contributed by atoms with van der Waals surface area (Å²) in [5.41, 5.74) is 5.43. The number of nitrogens with zero attached hydrogens (tertiary/aromatic N) is 1. The molecular weight excluding hydrogens is 128 g/mol. The largest absolute Gasteiger partial charge is 0.336 e. The van der Waals surface area contributed by atoms with Gasteiger partial charge in [0.05, 0.1) is 0 Å². The van der Waals surface area contributed by atoms with Crippen molar-refractivity contribution in [2.75, 3.05) is 6.54 Å². The predicted octanol–water partition coefficient (Wildman–Crippen LogP) is -0.436. The maximum Gasteiger partial charge on any atom is 0.241 e. The van der Waals surface area contributed by atoms with Gasteiger partial charge in [-0.2, -0.15) is 0 Å². The summed E-state index contributed by atoms with van der Waals surface area (Å²) in [7, 11) is 0. The zero-order valence-electron chi connectivity index (χ0n) is 6.08. The second kappa shape index (κ2) is 1.72. The predicted molar refractivity (Wildman–Crippen MR) is 37.3 cm³/mol. The Balaban J connectivity index is 1.92. The molecule has 1 saturated carbocycles. The molecule has 0 aromatic rings. The first-order valence-corrected chi connectivity index (χ1v) is 3.76. The minimum atomic E-state index is -0.187. The molecule has 1 saturated heterocycles. The fraction of sp³-hybridized carbons (Fsp3) is 0.857. The van der Waals surface area contributed by atoms with Crippen LogP contribution in [0.15, 0.2) is 0 Å². The summed E-state index contributed by atoms with van der Waals surface area (Å²) in [6.45, 7) is 2.95. The van der Waals surface area contributed by atoms with Crippen molar-refractivity contribution in [3.05, 3.63) is 0 Å². The van der Waals surface area contributed by atoms with E-state index >= 15 is 0 Å². The number of amides is 1. The van der Waals surface area contributed by atoms with E-state index in [0.717, 1.165) is 12.5 Å². The number of hydrogen-bond acceptors (Lipinski definition) is 2. The highest BCUT2D eigenvalue weighted by Crippen LogP contribution is 2.37. The van der Waals surface area contributed by atoms with Crippen molar-refractivity contribution < 1.29 is 4.79 Å². The van der Waals surface area contributed by atoms with E-state index in [9.17, 15) is 4.79 Å². The quantitative estimate of drug-likeness (QED) is 0.502. The first-order chi connectivity index (χ1) is 4.70. The van der Waals surface area contributed by atoms with E-state index in [1.54, 1.807) is 0 Å².